The number of fused-ring (bicyclic) bond motifs is 5. The van der Waals surface area contributed by atoms with E-state index in [9.17, 15) is 32.7 Å². The van der Waals surface area contributed by atoms with Crippen molar-refractivity contribution in [1.82, 2.24) is 19.6 Å². The molecule has 2 N–H and O–H groups in total. The zero-order valence-electron chi connectivity index (χ0n) is 27.2. The number of hydrogen-bond donors (Lipinski definition) is 2. The molecule has 8 rings (SSSR count). The maximum atomic E-state index is 14.0. The first-order chi connectivity index (χ1) is 23.4. The van der Waals surface area contributed by atoms with Gasteiger partial charge in [-0.25, -0.2) is 4.79 Å². The number of para-hydroxylation sites is 1. The third kappa shape index (κ3) is 6.81. The van der Waals surface area contributed by atoms with Crippen LogP contribution in [0.1, 0.15) is 55.2 Å². The van der Waals surface area contributed by atoms with E-state index in [2.05, 4.69) is 15.1 Å². The van der Waals surface area contributed by atoms with E-state index < -0.39 is 46.0 Å². The molecular weight excluding hydrogens is 663 g/mol. The van der Waals surface area contributed by atoms with E-state index in [1.54, 1.807) is 4.90 Å². The number of piperazine rings is 1. The molecule has 2 atom stereocenters. The quantitative estimate of drug-likeness (QED) is 0.448. The van der Waals surface area contributed by atoms with Crippen LogP contribution in [-0.2, 0) is 32.3 Å². The average molecular weight is 704 g/mol. The Morgan fingerprint density at radius 2 is 1.65 bits per heavy atom. The molecule has 3 amide bonds. The van der Waals surface area contributed by atoms with Gasteiger partial charge < -0.3 is 25.0 Å². The average Bonchev–Trinajstić information content (AvgIpc) is 3.09. The number of amides is 3. The fourth-order valence-electron chi connectivity index (χ4n) is 8.55. The molecule has 6 aliphatic rings. The lowest BCUT2D eigenvalue weighted by Crippen LogP contribution is -2.62. The van der Waals surface area contributed by atoms with E-state index in [1.807, 2.05) is 24.3 Å². The largest absolute Gasteiger partial charge is 0.506 e. The van der Waals surface area contributed by atoms with Crippen molar-refractivity contribution in [1.29, 1.82) is 0 Å². The van der Waals surface area contributed by atoms with Crippen molar-refractivity contribution in [2.45, 2.75) is 68.8 Å². The Morgan fingerprint density at radius 3 is 2.31 bits per heavy atom. The number of ether oxygens (including phenoxy) is 1. The number of carbonyl (C=O) groups is 3. The van der Waals surface area contributed by atoms with Crippen LogP contribution < -0.4 is 5.32 Å². The summed E-state index contributed by atoms with van der Waals surface area (Å²) in [4.78, 5) is 48.3. The lowest BCUT2D eigenvalue weighted by Gasteiger charge is -2.51. The smallest absolute Gasteiger partial charge is 0.420 e. The molecule has 264 valence electrons. The SMILES string of the molecule is O=C1CC2(CCN(C(=O)O[C@H](Cc3cc(Cl)c(O)c(C(F)(F)F)c3)C(=O)N3CCN(C4CC5CCN4CC5)CC3)CC2)c2ccccc2N1. The second-order valence-corrected chi connectivity index (χ2v) is 14.6. The van der Waals surface area contributed by atoms with E-state index >= 15 is 0 Å². The number of alkyl halides is 3. The fourth-order valence-corrected chi connectivity index (χ4v) is 8.79. The summed E-state index contributed by atoms with van der Waals surface area (Å²) in [7, 11) is 0. The summed E-state index contributed by atoms with van der Waals surface area (Å²) in [6, 6.07) is 9.55. The molecule has 1 unspecified atom stereocenters. The van der Waals surface area contributed by atoms with Crippen LogP contribution in [-0.4, -0.2) is 107 Å². The number of likely N-dealkylation sites (tertiary alicyclic amines) is 1. The first-order valence-electron chi connectivity index (χ1n) is 17.1. The summed E-state index contributed by atoms with van der Waals surface area (Å²) in [5, 5.41) is 12.4. The van der Waals surface area contributed by atoms with E-state index in [1.165, 1.54) is 23.8 Å². The zero-order valence-corrected chi connectivity index (χ0v) is 27.9. The van der Waals surface area contributed by atoms with E-state index in [0.717, 1.165) is 42.7 Å². The van der Waals surface area contributed by atoms with Crippen molar-refractivity contribution in [2.75, 3.05) is 57.7 Å². The first kappa shape index (κ1) is 33.9. The Kier molecular flexibility index (Phi) is 9.20. The highest BCUT2D eigenvalue weighted by molar-refractivity contribution is 6.32. The molecule has 6 heterocycles. The summed E-state index contributed by atoms with van der Waals surface area (Å²) in [6.45, 7) is 4.82. The lowest BCUT2D eigenvalue weighted by atomic mass is 9.68. The van der Waals surface area contributed by atoms with E-state index in [-0.39, 0.29) is 31.0 Å². The predicted octanol–water partition coefficient (Wildman–Crippen LogP) is 5.07. The van der Waals surface area contributed by atoms with Crippen LogP contribution in [0.15, 0.2) is 36.4 Å². The monoisotopic (exact) mass is 703 g/mol. The van der Waals surface area contributed by atoms with Crippen LogP contribution in [0.3, 0.4) is 0 Å². The molecule has 2 aromatic carbocycles. The van der Waals surface area contributed by atoms with Crippen LogP contribution in [0.2, 0.25) is 5.02 Å². The Labute approximate surface area is 288 Å². The molecule has 5 fully saturated rings. The number of aromatic hydroxyl groups is 1. The minimum Gasteiger partial charge on any atom is -0.506 e. The lowest BCUT2D eigenvalue weighted by molar-refractivity contribution is -0.144. The van der Waals surface area contributed by atoms with Gasteiger partial charge >= 0.3 is 12.3 Å². The van der Waals surface area contributed by atoms with Crippen molar-refractivity contribution in [3.05, 3.63) is 58.1 Å². The minimum atomic E-state index is -4.89. The molecule has 2 bridgehead atoms. The van der Waals surface area contributed by atoms with Gasteiger partial charge in [0.1, 0.15) is 5.75 Å². The van der Waals surface area contributed by atoms with Crippen molar-refractivity contribution in [2.24, 2.45) is 5.92 Å². The third-order valence-corrected chi connectivity index (χ3v) is 11.6. The molecule has 0 aliphatic carbocycles. The second kappa shape index (κ2) is 13.3. The van der Waals surface area contributed by atoms with Crippen molar-refractivity contribution in [3.8, 4) is 5.75 Å². The van der Waals surface area contributed by atoms with Crippen LogP contribution in [0.4, 0.5) is 23.7 Å². The number of anilines is 1. The summed E-state index contributed by atoms with van der Waals surface area (Å²) in [5.41, 5.74) is 0.0387. The second-order valence-electron chi connectivity index (χ2n) is 14.1. The maximum absolute atomic E-state index is 14.0. The normalized spacial score (nSPS) is 25.9. The highest BCUT2D eigenvalue weighted by Gasteiger charge is 2.45. The molecule has 6 aliphatic heterocycles. The highest BCUT2D eigenvalue weighted by atomic mass is 35.5. The number of phenols is 1. The number of rotatable bonds is 5. The number of hydrogen-bond acceptors (Lipinski definition) is 7. The first-order valence-corrected chi connectivity index (χ1v) is 17.5. The Balaban J connectivity index is 1.07. The summed E-state index contributed by atoms with van der Waals surface area (Å²) >= 11 is 6.00. The number of nitrogens with one attached hydrogen (secondary N) is 1. The van der Waals surface area contributed by atoms with Crippen LogP contribution in [0.25, 0.3) is 0 Å². The number of nitrogens with zero attached hydrogens (tertiary/aromatic N) is 4. The van der Waals surface area contributed by atoms with E-state index in [4.69, 9.17) is 16.3 Å². The Morgan fingerprint density at radius 1 is 0.980 bits per heavy atom. The van der Waals surface area contributed by atoms with Crippen LogP contribution in [0, 0.1) is 5.92 Å². The minimum absolute atomic E-state index is 0.00774. The number of piperidine rings is 4. The van der Waals surface area contributed by atoms with Gasteiger partial charge in [-0.1, -0.05) is 29.8 Å². The molecule has 10 nitrogen and oxygen atoms in total. The number of benzene rings is 2. The molecule has 0 radical (unpaired) electrons. The van der Waals surface area contributed by atoms with Gasteiger partial charge in [0.2, 0.25) is 5.91 Å². The molecule has 0 aromatic heterocycles. The topological polar surface area (TPSA) is 106 Å². The zero-order chi connectivity index (χ0) is 34.5. The maximum Gasteiger partial charge on any atom is 0.420 e. The van der Waals surface area contributed by atoms with Gasteiger partial charge in [-0.05, 0) is 80.4 Å². The number of phenolic OH excluding ortho intramolecular Hbond substituents is 1. The van der Waals surface area contributed by atoms with Crippen molar-refractivity contribution < 1.29 is 37.4 Å². The van der Waals surface area contributed by atoms with Gasteiger partial charge in [0.05, 0.1) is 16.8 Å². The number of halogens is 4. The molecule has 2 aromatic rings. The predicted molar refractivity (Wildman–Crippen MR) is 175 cm³/mol. The molecule has 1 spiro atoms. The Bertz CT molecular complexity index is 1600. The molecular formula is C35H41ClF3N5O5. The van der Waals surface area contributed by atoms with Gasteiger partial charge in [0, 0.05) is 63.2 Å². The third-order valence-electron chi connectivity index (χ3n) is 11.3. The van der Waals surface area contributed by atoms with Gasteiger partial charge in [0.15, 0.2) is 6.10 Å². The fraction of sp³-hybridized carbons (Fsp3) is 0.571. The van der Waals surface area contributed by atoms with Crippen molar-refractivity contribution >= 4 is 35.2 Å². The molecule has 0 saturated carbocycles. The molecule has 49 heavy (non-hydrogen) atoms. The summed E-state index contributed by atoms with van der Waals surface area (Å²) < 4.78 is 47.1. The van der Waals surface area contributed by atoms with Crippen molar-refractivity contribution in [3.63, 3.8) is 0 Å². The summed E-state index contributed by atoms with van der Waals surface area (Å²) in [5.74, 6) is -0.935. The number of carbonyl (C=O) groups excluding carboxylic acids is 3. The van der Waals surface area contributed by atoms with Gasteiger partial charge in [-0.2, -0.15) is 13.2 Å². The molecule has 14 heteroatoms. The van der Waals surface area contributed by atoms with Crippen LogP contribution >= 0.6 is 11.6 Å². The van der Waals surface area contributed by atoms with Crippen LogP contribution in [0.5, 0.6) is 5.75 Å². The van der Waals surface area contributed by atoms with Gasteiger partial charge in [0.25, 0.3) is 5.91 Å². The van der Waals surface area contributed by atoms with E-state index in [0.29, 0.717) is 51.6 Å². The van der Waals surface area contributed by atoms with Gasteiger partial charge in [-0.15, -0.1) is 0 Å². The highest BCUT2D eigenvalue weighted by Crippen LogP contribution is 2.45. The standard InChI is InChI=1S/C35H41ClF3N5O5/c36-26-18-23(17-25(31(26)46)35(37,38)39)19-28(32(47)43-15-13-42(14-16-43)30-20-22-5-9-41(30)10-6-22)49-33(48)44-11-7-34(8-12-44)21-29(45)40-27-4-2-1-3-24(27)34/h1-4,17-18,22,28,30,46H,5-16,19-21H2,(H,40,45)/t28-,30?/m1/s1. The molecule has 5 saturated heterocycles. The Hall–Kier alpha value is -3.55. The van der Waals surface area contributed by atoms with Gasteiger partial charge in [-0.3, -0.25) is 19.4 Å². The summed E-state index contributed by atoms with van der Waals surface area (Å²) in [6.07, 6.45) is -2.17.